The summed E-state index contributed by atoms with van der Waals surface area (Å²) in [5.41, 5.74) is 2.63. The Hall–Kier alpha value is -3.49. The third kappa shape index (κ3) is 4.47. The standard InChI is InChI=1S/C25H30FN7O/c1-15(2)33-16(3)27-14-22(33)23-20(26)13-28-25(31-23)30-18-8-10-19(11-9-18)32-12-4-5-21(32)24(34)29-17-6-7-17/h8-11,13-15,17,21H,4-7,12H2,1-3H3,(H,29,34)(H,28,30,31). The van der Waals surface area contributed by atoms with Crippen molar-refractivity contribution < 1.29 is 9.18 Å². The average molecular weight is 464 g/mol. The normalized spacial score (nSPS) is 17.9. The lowest BCUT2D eigenvalue weighted by atomic mass is 10.2. The Morgan fingerprint density at radius 2 is 1.88 bits per heavy atom. The van der Waals surface area contributed by atoms with E-state index in [1.54, 1.807) is 6.20 Å². The van der Waals surface area contributed by atoms with Gasteiger partial charge in [-0.3, -0.25) is 4.79 Å². The van der Waals surface area contributed by atoms with Crippen molar-refractivity contribution in [1.29, 1.82) is 0 Å². The summed E-state index contributed by atoms with van der Waals surface area (Å²) in [6.45, 7) is 6.81. The largest absolute Gasteiger partial charge is 0.360 e. The van der Waals surface area contributed by atoms with Gasteiger partial charge in [0.2, 0.25) is 11.9 Å². The fourth-order valence-corrected chi connectivity index (χ4v) is 4.63. The van der Waals surface area contributed by atoms with Gasteiger partial charge >= 0.3 is 0 Å². The lowest BCUT2D eigenvalue weighted by Gasteiger charge is -2.26. The first-order valence-electron chi connectivity index (χ1n) is 11.9. The van der Waals surface area contributed by atoms with Crippen LogP contribution in [-0.2, 0) is 4.79 Å². The first-order chi connectivity index (χ1) is 16.4. The SMILES string of the molecule is Cc1ncc(-c2nc(Nc3ccc(N4CCCC4C(=O)NC4CC4)cc3)ncc2F)n1C(C)C. The van der Waals surface area contributed by atoms with Crippen molar-refractivity contribution in [3.05, 3.63) is 48.3 Å². The number of hydrogen-bond donors (Lipinski definition) is 2. The minimum Gasteiger partial charge on any atom is -0.360 e. The molecule has 9 heteroatoms. The second-order valence-electron chi connectivity index (χ2n) is 9.35. The highest BCUT2D eigenvalue weighted by molar-refractivity contribution is 5.86. The number of benzene rings is 1. The molecule has 0 bridgehead atoms. The van der Waals surface area contributed by atoms with Crippen LogP contribution >= 0.6 is 0 Å². The van der Waals surface area contributed by atoms with Gasteiger partial charge in [0.05, 0.1) is 18.1 Å². The molecule has 3 heterocycles. The lowest BCUT2D eigenvalue weighted by Crippen LogP contribution is -2.44. The minimum absolute atomic E-state index is 0.114. The molecule has 178 valence electrons. The van der Waals surface area contributed by atoms with Gasteiger partial charge in [-0.1, -0.05) is 0 Å². The van der Waals surface area contributed by atoms with E-state index < -0.39 is 5.82 Å². The van der Waals surface area contributed by atoms with Gasteiger partial charge in [-0.2, -0.15) is 0 Å². The molecule has 1 aromatic carbocycles. The van der Waals surface area contributed by atoms with E-state index in [2.05, 4.69) is 30.5 Å². The monoisotopic (exact) mass is 463 g/mol. The summed E-state index contributed by atoms with van der Waals surface area (Å²) in [5.74, 6) is 0.748. The van der Waals surface area contributed by atoms with Crippen LogP contribution in [0.1, 0.15) is 51.4 Å². The van der Waals surface area contributed by atoms with E-state index in [-0.39, 0.29) is 23.7 Å². The number of halogens is 1. The van der Waals surface area contributed by atoms with Crippen LogP contribution in [0, 0.1) is 12.7 Å². The highest BCUT2D eigenvalue weighted by Gasteiger charge is 2.34. The van der Waals surface area contributed by atoms with Crippen LogP contribution in [0.5, 0.6) is 0 Å². The zero-order valence-corrected chi connectivity index (χ0v) is 19.8. The van der Waals surface area contributed by atoms with Gasteiger partial charge in [-0.15, -0.1) is 0 Å². The minimum atomic E-state index is -0.493. The molecular weight excluding hydrogens is 433 g/mol. The molecule has 2 aromatic heterocycles. The molecule has 1 aliphatic heterocycles. The van der Waals surface area contributed by atoms with Crippen LogP contribution in [0.3, 0.4) is 0 Å². The number of nitrogens with one attached hydrogen (secondary N) is 2. The molecule has 1 unspecified atom stereocenters. The number of aryl methyl sites for hydroxylation is 1. The maximum Gasteiger partial charge on any atom is 0.242 e. The van der Waals surface area contributed by atoms with E-state index in [1.165, 1.54) is 6.20 Å². The molecule has 3 aromatic rings. The second-order valence-corrected chi connectivity index (χ2v) is 9.35. The van der Waals surface area contributed by atoms with Crippen LogP contribution in [0.25, 0.3) is 11.4 Å². The molecule has 8 nitrogen and oxygen atoms in total. The first-order valence-corrected chi connectivity index (χ1v) is 11.9. The molecule has 1 amide bonds. The van der Waals surface area contributed by atoms with Crippen molar-refractivity contribution >= 4 is 23.2 Å². The van der Waals surface area contributed by atoms with Gasteiger partial charge in [0.25, 0.3) is 0 Å². The Kier molecular flexibility index (Phi) is 5.93. The summed E-state index contributed by atoms with van der Waals surface area (Å²) < 4.78 is 16.6. The van der Waals surface area contributed by atoms with Crippen LogP contribution in [-0.4, -0.2) is 44.1 Å². The molecular formula is C25H30FN7O. The Labute approximate surface area is 198 Å². The van der Waals surface area contributed by atoms with E-state index in [4.69, 9.17) is 0 Å². The number of amides is 1. The molecule has 0 spiro atoms. The fraction of sp³-hybridized carbons (Fsp3) is 0.440. The summed E-state index contributed by atoms with van der Waals surface area (Å²) in [4.78, 5) is 27.7. The number of carbonyl (C=O) groups excluding carboxylic acids is 1. The van der Waals surface area contributed by atoms with Crippen LogP contribution in [0.2, 0.25) is 0 Å². The third-order valence-electron chi connectivity index (χ3n) is 6.42. The van der Waals surface area contributed by atoms with E-state index in [9.17, 15) is 9.18 Å². The van der Waals surface area contributed by atoms with Crippen LogP contribution in [0.4, 0.5) is 21.7 Å². The quantitative estimate of drug-likeness (QED) is 0.541. The molecule has 5 rings (SSSR count). The summed E-state index contributed by atoms with van der Waals surface area (Å²) >= 11 is 0. The molecule has 2 fully saturated rings. The molecule has 1 saturated heterocycles. The van der Waals surface area contributed by atoms with Crippen molar-refractivity contribution in [2.24, 2.45) is 0 Å². The van der Waals surface area contributed by atoms with Gasteiger partial charge in [0, 0.05) is 30.0 Å². The third-order valence-corrected chi connectivity index (χ3v) is 6.42. The molecule has 34 heavy (non-hydrogen) atoms. The predicted octanol–water partition coefficient (Wildman–Crippen LogP) is 4.36. The summed E-state index contributed by atoms with van der Waals surface area (Å²) in [7, 11) is 0. The van der Waals surface area contributed by atoms with Gasteiger partial charge in [-0.05, 0) is 70.7 Å². The van der Waals surface area contributed by atoms with Gasteiger partial charge in [-0.25, -0.2) is 19.3 Å². The number of nitrogens with zero attached hydrogens (tertiary/aromatic N) is 5. The Balaban J connectivity index is 1.33. The van der Waals surface area contributed by atoms with Crippen molar-refractivity contribution in [3.63, 3.8) is 0 Å². The van der Waals surface area contributed by atoms with Crippen LogP contribution < -0.4 is 15.5 Å². The van der Waals surface area contributed by atoms with Crippen molar-refractivity contribution in [1.82, 2.24) is 24.8 Å². The maximum atomic E-state index is 14.6. The highest BCUT2D eigenvalue weighted by Crippen LogP contribution is 2.30. The Bertz CT molecular complexity index is 1190. The summed E-state index contributed by atoms with van der Waals surface area (Å²) in [5, 5.41) is 6.30. The van der Waals surface area contributed by atoms with Gasteiger partial charge in [0.1, 0.15) is 17.6 Å². The van der Waals surface area contributed by atoms with Crippen molar-refractivity contribution in [3.8, 4) is 11.4 Å². The van der Waals surface area contributed by atoms with Gasteiger partial charge in [0.15, 0.2) is 5.82 Å². The molecule has 1 aliphatic carbocycles. The van der Waals surface area contributed by atoms with E-state index in [0.29, 0.717) is 17.7 Å². The fourth-order valence-electron chi connectivity index (χ4n) is 4.63. The second kappa shape index (κ2) is 9.04. The molecule has 2 aliphatic rings. The maximum absolute atomic E-state index is 14.6. The summed E-state index contributed by atoms with van der Waals surface area (Å²) in [6, 6.07) is 8.22. The number of carbonyl (C=O) groups is 1. The molecule has 2 N–H and O–H groups in total. The average Bonchev–Trinajstić information content (AvgIpc) is 3.33. The number of rotatable bonds is 7. The number of hydrogen-bond acceptors (Lipinski definition) is 6. The predicted molar refractivity (Wildman–Crippen MR) is 130 cm³/mol. The van der Waals surface area contributed by atoms with Crippen molar-refractivity contribution in [2.75, 3.05) is 16.8 Å². The summed E-state index contributed by atoms with van der Waals surface area (Å²) in [6.07, 6.45) is 6.87. The van der Waals surface area contributed by atoms with E-state index in [0.717, 1.165) is 49.4 Å². The molecule has 1 atom stereocenters. The Morgan fingerprint density at radius 1 is 1.12 bits per heavy atom. The van der Waals surface area contributed by atoms with Crippen molar-refractivity contribution in [2.45, 2.75) is 64.6 Å². The number of aromatic nitrogens is 4. The Morgan fingerprint density at radius 3 is 2.59 bits per heavy atom. The number of anilines is 3. The lowest BCUT2D eigenvalue weighted by molar-refractivity contribution is -0.122. The van der Waals surface area contributed by atoms with E-state index >= 15 is 0 Å². The zero-order valence-electron chi connectivity index (χ0n) is 19.8. The molecule has 1 saturated carbocycles. The van der Waals surface area contributed by atoms with Crippen LogP contribution in [0.15, 0.2) is 36.7 Å². The smallest absolute Gasteiger partial charge is 0.242 e. The molecule has 0 radical (unpaired) electrons. The zero-order chi connectivity index (χ0) is 23.8. The van der Waals surface area contributed by atoms with E-state index in [1.807, 2.05) is 49.6 Å². The number of imidazole rings is 1. The highest BCUT2D eigenvalue weighted by atomic mass is 19.1. The van der Waals surface area contributed by atoms with Gasteiger partial charge < -0.3 is 20.1 Å². The topological polar surface area (TPSA) is 88.0 Å². The first kappa shape index (κ1) is 22.3.